The monoisotopic (exact) mass is 310 g/mol. The van der Waals surface area contributed by atoms with E-state index in [1.165, 1.54) is 12.1 Å². The molecular formula is C13H18ClF3N2O. The first-order valence-electron chi connectivity index (χ1n) is 6.03. The predicted octanol–water partition coefficient (Wildman–Crippen LogP) is 2.86. The molecule has 0 unspecified atom stereocenters. The van der Waals surface area contributed by atoms with Crippen LogP contribution in [0.1, 0.15) is 29.8 Å². The van der Waals surface area contributed by atoms with E-state index in [1.54, 1.807) is 0 Å². The number of rotatable bonds is 5. The maximum Gasteiger partial charge on any atom is 0.416 e. The van der Waals surface area contributed by atoms with Gasteiger partial charge in [0, 0.05) is 18.2 Å². The van der Waals surface area contributed by atoms with Crippen LogP contribution in [0.3, 0.4) is 0 Å². The number of hydrogen-bond donors (Lipinski definition) is 2. The van der Waals surface area contributed by atoms with Gasteiger partial charge < -0.3 is 10.6 Å². The fourth-order valence-electron chi connectivity index (χ4n) is 1.61. The second-order valence-electron chi connectivity index (χ2n) is 4.25. The van der Waals surface area contributed by atoms with Crippen molar-refractivity contribution in [3.63, 3.8) is 0 Å². The SMILES string of the molecule is CCN[C@H](C)CNC(=O)c1cccc(C(F)(F)F)c1.Cl. The molecule has 0 saturated carbocycles. The first-order chi connectivity index (χ1) is 8.84. The van der Waals surface area contributed by atoms with E-state index in [4.69, 9.17) is 0 Å². The first-order valence-corrected chi connectivity index (χ1v) is 6.03. The van der Waals surface area contributed by atoms with Gasteiger partial charge in [-0.2, -0.15) is 13.2 Å². The van der Waals surface area contributed by atoms with Crippen LogP contribution in [-0.4, -0.2) is 25.0 Å². The molecule has 1 rings (SSSR count). The molecule has 114 valence electrons. The van der Waals surface area contributed by atoms with E-state index < -0.39 is 17.6 Å². The van der Waals surface area contributed by atoms with Gasteiger partial charge in [0.05, 0.1) is 5.56 Å². The van der Waals surface area contributed by atoms with Crippen LogP contribution < -0.4 is 10.6 Å². The number of benzene rings is 1. The third-order valence-corrected chi connectivity index (χ3v) is 2.57. The molecule has 0 fully saturated rings. The summed E-state index contributed by atoms with van der Waals surface area (Å²) in [5, 5.41) is 5.69. The van der Waals surface area contributed by atoms with Crippen molar-refractivity contribution >= 4 is 18.3 Å². The highest BCUT2D eigenvalue weighted by Gasteiger charge is 2.30. The third-order valence-electron chi connectivity index (χ3n) is 2.57. The van der Waals surface area contributed by atoms with E-state index in [0.717, 1.165) is 18.7 Å². The van der Waals surface area contributed by atoms with Crippen molar-refractivity contribution in [1.29, 1.82) is 0 Å². The summed E-state index contributed by atoms with van der Waals surface area (Å²) in [5.74, 6) is -0.504. The minimum atomic E-state index is -4.44. The van der Waals surface area contributed by atoms with Crippen LogP contribution in [0, 0.1) is 0 Å². The lowest BCUT2D eigenvalue weighted by atomic mass is 10.1. The van der Waals surface area contributed by atoms with Gasteiger partial charge in [-0.1, -0.05) is 13.0 Å². The number of nitrogens with one attached hydrogen (secondary N) is 2. The van der Waals surface area contributed by atoms with Gasteiger partial charge in [-0.05, 0) is 31.7 Å². The molecule has 3 nitrogen and oxygen atoms in total. The number of hydrogen-bond acceptors (Lipinski definition) is 2. The van der Waals surface area contributed by atoms with Crippen molar-refractivity contribution < 1.29 is 18.0 Å². The molecule has 1 aromatic carbocycles. The third kappa shape index (κ3) is 5.79. The number of carbonyl (C=O) groups excluding carboxylic acids is 1. The first kappa shape index (κ1) is 18.7. The molecule has 1 atom stereocenters. The molecule has 7 heteroatoms. The van der Waals surface area contributed by atoms with E-state index in [1.807, 2.05) is 13.8 Å². The lowest BCUT2D eigenvalue weighted by Crippen LogP contribution is -2.38. The van der Waals surface area contributed by atoms with Crippen LogP contribution in [0.2, 0.25) is 0 Å². The second-order valence-corrected chi connectivity index (χ2v) is 4.25. The Morgan fingerprint density at radius 3 is 2.55 bits per heavy atom. The smallest absolute Gasteiger partial charge is 0.350 e. The maximum absolute atomic E-state index is 12.5. The average molecular weight is 311 g/mol. The molecule has 0 spiro atoms. The number of likely N-dealkylation sites (N-methyl/N-ethyl adjacent to an activating group) is 1. The molecule has 1 amide bonds. The summed E-state index contributed by atoms with van der Waals surface area (Å²) in [6.07, 6.45) is -4.44. The van der Waals surface area contributed by atoms with Gasteiger partial charge in [0.1, 0.15) is 0 Å². The van der Waals surface area contributed by atoms with Crippen molar-refractivity contribution in [2.75, 3.05) is 13.1 Å². The van der Waals surface area contributed by atoms with E-state index in [9.17, 15) is 18.0 Å². The maximum atomic E-state index is 12.5. The quantitative estimate of drug-likeness (QED) is 0.878. The summed E-state index contributed by atoms with van der Waals surface area (Å²) in [7, 11) is 0. The second kappa shape index (κ2) is 8.11. The number of halogens is 4. The van der Waals surface area contributed by atoms with Crippen LogP contribution in [-0.2, 0) is 6.18 Å². The lowest BCUT2D eigenvalue weighted by molar-refractivity contribution is -0.137. The van der Waals surface area contributed by atoms with Gasteiger partial charge in [0.2, 0.25) is 0 Å². The Morgan fingerprint density at radius 2 is 2.00 bits per heavy atom. The Hall–Kier alpha value is -1.27. The van der Waals surface area contributed by atoms with E-state index in [-0.39, 0.29) is 24.0 Å². The molecule has 20 heavy (non-hydrogen) atoms. The fourth-order valence-corrected chi connectivity index (χ4v) is 1.61. The zero-order valence-electron chi connectivity index (χ0n) is 11.3. The fraction of sp³-hybridized carbons (Fsp3) is 0.462. The predicted molar refractivity (Wildman–Crippen MR) is 74.2 cm³/mol. The molecule has 2 N–H and O–H groups in total. The largest absolute Gasteiger partial charge is 0.416 e. The molecule has 0 aliphatic rings. The number of alkyl halides is 3. The minimum Gasteiger partial charge on any atom is -0.350 e. The van der Waals surface area contributed by atoms with E-state index in [2.05, 4.69) is 10.6 Å². The van der Waals surface area contributed by atoms with Gasteiger partial charge in [-0.25, -0.2) is 0 Å². The van der Waals surface area contributed by atoms with Crippen molar-refractivity contribution in [2.45, 2.75) is 26.1 Å². The standard InChI is InChI=1S/C13H17F3N2O.ClH/c1-3-17-9(2)8-18-12(19)10-5-4-6-11(7-10)13(14,15)16;/h4-7,9,17H,3,8H2,1-2H3,(H,18,19);1H/t9-;/m1./s1. The highest BCUT2D eigenvalue weighted by atomic mass is 35.5. The Kier molecular flexibility index (Phi) is 7.60. The minimum absolute atomic E-state index is 0. The molecule has 0 aliphatic heterocycles. The van der Waals surface area contributed by atoms with Crippen LogP contribution >= 0.6 is 12.4 Å². The summed E-state index contributed by atoms with van der Waals surface area (Å²) in [6.45, 7) is 4.95. The Bertz CT molecular complexity index is 438. The van der Waals surface area contributed by atoms with Gasteiger partial charge in [0.25, 0.3) is 5.91 Å². The number of amides is 1. The van der Waals surface area contributed by atoms with Gasteiger partial charge in [0.15, 0.2) is 0 Å². The van der Waals surface area contributed by atoms with Gasteiger partial charge in [-0.15, -0.1) is 12.4 Å². The van der Waals surface area contributed by atoms with Crippen molar-refractivity contribution in [1.82, 2.24) is 10.6 Å². The molecular weight excluding hydrogens is 293 g/mol. The van der Waals surface area contributed by atoms with Crippen LogP contribution in [0.25, 0.3) is 0 Å². The molecule has 0 aromatic heterocycles. The Balaban J connectivity index is 0.00000361. The normalized spacial score (nSPS) is 12.4. The van der Waals surface area contributed by atoms with Crippen molar-refractivity contribution in [2.24, 2.45) is 0 Å². The number of carbonyl (C=O) groups is 1. The van der Waals surface area contributed by atoms with Crippen LogP contribution in [0.5, 0.6) is 0 Å². The lowest BCUT2D eigenvalue weighted by Gasteiger charge is -2.14. The topological polar surface area (TPSA) is 41.1 Å². The van der Waals surface area contributed by atoms with Crippen LogP contribution in [0.15, 0.2) is 24.3 Å². The van der Waals surface area contributed by atoms with E-state index >= 15 is 0 Å². The summed E-state index contributed by atoms with van der Waals surface area (Å²) in [5.41, 5.74) is -0.807. The zero-order valence-corrected chi connectivity index (χ0v) is 12.1. The molecule has 0 bridgehead atoms. The molecule has 0 aliphatic carbocycles. The molecule has 0 saturated heterocycles. The molecule has 0 heterocycles. The molecule has 1 aromatic rings. The Labute approximate surface area is 122 Å². The highest BCUT2D eigenvalue weighted by Crippen LogP contribution is 2.29. The summed E-state index contributed by atoms with van der Waals surface area (Å²) >= 11 is 0. The summed E-state index contributed by atoms with van der Waals surface area (Å²) in [4.78, 5) is 11.7. The van der Waals surface area contributed by atoms with Gasteiger partial charge >= 0.3 is 6.18 Å². The van der Waals surface area contributed by atoms with E-state index in [0.29, 0.717) is 6.54 Å². The highest BCUT2D eigenvalue weighted by molar-refractivity contribution is 5.94. The summed E-state index contributed by atoms with van der Waals surface area (Å²) in [6, 6.07) is 4.46. The summed E-state index contributed by atoms with van der Waals surface area (Å²) < 4.78 is 37.5. The Morgan fingerprint density at radius 1 is 1.35 bits per heavy atom. The molecule has 0 radical (unpaired) electrons. The van der Waals surface area contributed by atoms with Crippen molar-refractivity contribution in [3.8, 4) is 0 Å². The van der Waals surface area contributed by atoms with Gasteiger partial charge in [-0.3, -0.25) is 4.79 Å². The average Bonchev–Trinajstić information content (AvgIpc) is 2.35. The zero-order chi connectivity index (χ0) is 14.5. The van der Waals surface area contributed by atoms with Crippen LogP contribution in [0.4, 0.5) is 13.2 Å². The van der Waals surface area contributed by atoms with Crippen molar-refractivity contribution in [3.05, 3.63) is 35.4 Å².